The number of ether oxygens (including phenoxy) is 1. The molecule has 88 valence electrons. The van der Waals surface area contributed by atoms with E-state index in [2.05, 4.69) is 18.0 Å². The third kappa shape index (κ3) is 2.05. The van der Waals surface area contributed by atoms with Gasteiger partial charge in [-0.25, -0.2) is 4.98 Å². The number of aromatic nitrogens is 1. The lowest BCUT2D eigenvalue weighted by atomic mass is 10.1. The largest absolute Gasteiger partial charge is 0.439 e. The van der Waals surface area contributed by atoms with Crippen molar-refractivity contribution < 1.29 is 4.74 Å². The molecule has 18 heavy (non-hydrogen) atoms. The van der Waals surface area contributed by atoms with E-state index >= 15 is 0 Å². The van der Waals surface area contributed by atoms with E-state index < -0.39 is 0 Å². The molecule has 3 aromatic rings. The van der Waals surface area contributed by atoms with E-state index in [0.717, 1.165) is 16.7 Å². The van der Waals surface area contributed by atoms with Crippen LogP contribution in [0.3, 0.4) is 0 Å². The van der Waals surface area contributed by atoms with Gasteiger partial charge in [-0.15, -0.1) is 0 Å². The zero-order valence-electron chi connectivity index (χ0n) is 10.1. The van der Waals surface area contributed by atoms with Gasteiger partial charge in [-0.2, -0.15) is 0 Å². The second kappa shape index (κ2) is 4.49. The van der Waals surface area contributed by atoms with E-state index in [4.69, 9.17) is 4.74 Å². The first-order valence-electron chi connectivity index (χ1n) is 5.92. The monoisotopic (exact) mass is 235 g/mol. The molecular weight excluding hydrogens is 222 g/mol. The fourth-order valence-electron chi connectivity index (χ4n) is 1.98. The number of fused-ring (bicyclic) bond motifs is 1. The van der Waals surface area contributed by atoms with Crippen LogP contribution in [0.25, 0.3) is 10.9 Å². The summed E-state index contributed by atoms with van der Waals surface area (Å²) in [6.07, 6.45) is 0. The topological polar surface area (TPSA) is 22.1 Å². The Hall–Kier alpha value is -2.35. The summed E-state index contributed by atoms with van der Waals surface area (Å²) in [5.41, 5.74) is 2.13. The van der Waals surface area contributed by atoms with Crippen molar-refractivity contribution in [2.75, 3.05) is 0 Å². The molecule has 0 unspecified atom stereocenters. The number of para-hydroxylation sites is 2. The minimum Gasteiger partial charge on any atom is -0.439 e. The van der Waals surface area contributed by atoms with Crippen molar-refractivity contribution in [3.05, 3.63) is 66.2 Å². The van der Waals surface area contributed by atoms with E-state index in [-0.39, 0.29) is 0 Å². The second-order valence-corrected chi connectivity index (χ2v) is 4.21. The van der Waals surface area contributed by atoms with Crippen LogP contribution < -0.4 is 4.74 Å². The summed E-state index contributed by atoms with van der Waals surface area (Å²) in [6, 6.07) is 19.8. The van der Waals surface area contributed by atoms with Gasteiger partial charge in [0, 0.05) is 11.5 Å². The molecule has 0 aliphatic carbocycles. The lowest BCUT2D eigenvalue weighted by molar-refractivity contribution is 0.465. The van der Waals surface area contributed by atoms with Gasteiger partial charge in [-0.05, 0) is 30.7 Å². The van der Waals surface area contributed by atoms with Crippen molar-refractivity contribution in [3.8, 4) is 11.6 Å². The zero-order chi connectivity index (χ0) is 12.4. The molecule has 0 spiro atoms. The third-order valence-corrected chi connectivity index (χ3v) is 2.87. The van der Waals surface area contributed by atoms with Crippen molar-refractivity contribution >= 4 is 10.9 Å². The molecule has 0 radical (unpaired) electrons. The summed E-state index contributed by atoms with van der Waals surface area (Å²) in [7, 11) is 0. The standard InChI is InChI=1S/C16H13NO/c1-12-11-16(18-13-7-3-2-4-8-13)17-15-10-6-5-9-14(12)15/h2-11H,1H3. The molecule has 0 amide bonds. The van der Waals surface area contributed by atoms with E-state index in [0.29, 0.717) is 5.88 Å². The summed E-state index contributed by atoms with van der Waals surface area (Å²) in [4.78, 5) is 4.51. The second-order valence-electron chi connectivity index (χ2n) is 4.21. The van der Waals surface area contributed by atoms with Crippen molar-refractivity contribution in [1.29, 1.82) is 0 Å². The predicted octanol–water partition coefficient (Wildman–Crippen LogP) is 4.34. The Bertz CT molecular complexity index is 677. The van der Waals surface area contributed by atoms with Crippen LogP contribution in [0, 0.1) is 6.92 Å². The molecule has 1 aromatic heterocycles. The average Bonchev–Trinajstić information content (AvgIpc) is 2.40. The van der Waals surface area contributed by atoms with Gasteiger partial charge in [0.2, 0.25) is 5.88 Å². The van der Waals surface area contributed by atoms with Crippen molar-refractivity contribution in [2.45, 2.75) is 6.92 Å². The van der Waals surface area contributed by atoms with Crippen LogP contribution in [0.2, 0.25) is 0 Å². The molecule has 0 aliphatic rings. The first-order chi connectivity index (χ1) is 8.83. The lowest BCUT2D eigenvalue weighted by Crippen LogP contribution is -1.90. The van der Waals surface area contributed by atoms with Gasteiger partial charge >= 0.3 is 0 Å². The van der Waals surface area contributed by atoms with Gasteiger partial charge in [0.1, 0.15) is 5.75 Å². The molecule has 2 nitrogen and oxygen atoms in total. The fourth-order valence-corrected chi connectivity index (χ4v) is 1.98. The highest BCUT2D eigenvalue weighted by Crippen LogP contribution is 2.24. The number of pyridine rings is 1. The van der Waals surface area contributed by atoms with E-state index in [1.165, 1.54) is 5.56 Å². The van der Waals surface area contributed by atoms with E-state index in [9.17, 15) is 0 Å². The van der Waals surface area contributed by atoms with E-state index in [1.54, 1.807) is 0 Å². The molecule has 2 heteroatoms. The van der Waals surface area contributed by atoms with Crippen LogP contribution in [0.5, 0.6) is 11.6 Å². The fraction of sp³-hybridized carbons (Fsp3) is 0.0625. The molecule has 0 bridgehead atoms. The zero-order valence-corrected chi connectivity index (χ0v) is 10.1. The smallest absolute Gasteiger partial charge is 0.220 e. The number of aryl methyl sites for hydroxylation is 1. The molecule has 0 atom stereocenters. The van der Waals surface area contributed by atoms with Crippen molar-refractivity contribution in [1.82, 2.24) is 4.98 Å². The maximum absolute atomic E-state index is 5.76. The van der Waals surface area contributed by atoms with Gasteiger partial charge in [0.05, 0.1) is 5.52 Å². The van der Waals surface area contributed by atoms with Crippen LogP contribution >= 0.6 is 0 Å². The molecule has 0 aliphatic heterocycles. The predicted molar refractivity (Wildman–Crippen MR) is 73.0 cm³/mol. The Kier molecular flexibility index (Phi) is 2.69. The van der Waals surface area contributed by atoms with E-state index in [1.807, 2.05) is 54.6 Å². The van der Waals surface area contributed by atoms with Gasteiger partial charge in [0.15, 0.2) is 0 Å². The Balaban J connectivity index is 2.03. The first kappa shape index (κ1) is 10.8. The summed E-state index contributed by atoms with van der Waals surface area (Å²) >= 11 is 0. The lowest BCUT2D eigenvalue weighted by Gasteiger charge is -2.07. The third-order valence-electron chi connectivity index (χ3n) is 2.87. The minimum absolute atomic E-state index is 0.636. The van der Waals surface area contributed by atoms with Gasteiger partial charge in [-0.1, -0.05) is 36.4 Å². The summed E-state index contributed by atoms with van der Waals surface area (Å²) < 4.78 is 5.76. The van der Waals surface area contributed by atoms with Crippen molar-refractivity contribution in [2.24, 2.45) is 0 Å². The SMILES string of the molecule is Cc1cc(Oc2ccccc2)nc2ccccc12. The maximum atomic E-state index is 5.76. The van der Waals surface area contributed by atoms with Gasteiger partial charge < -0.3 is 4.74 Å². The molecule has 2 aromatic carbocycles. The van der Waals surface area contributed by atoms with Crippen LogP contribution in [0.15, 0.2) is 60.7 Å². The van der Waals surface area contributed by atoms with Crippen LogP contribution in [-0.4, -0.2) is 4.98 Å². The molecular formula is C16H13NO. The number of hydrogen-bond donors (Lipinski definition) is 0. The molecule has 0 fully saturated rings. The molecule has 0 saturated carbocycles. The highest BCUT2D eigenvalue weighted by Gasteiger charge is 2.03. The quantitative estimate of drug-likeness (QED) is 0.659. The van der Waals surface area contributed by atoms with Gasteiger partial charge in [-0.3, -0.25) is 0 Å². The van der Waals surface area contributed by atoms with Crippen LogP contribution in [-0.2, 0) is 0 Å². The molecule has 1 heterocycles. The average molecular weight is 235 g/mol. The molecule has 0 N–H and O–H groups in total. The number of benzene rings is 2. The van der Waals surface area contributed by atoms with Crippen molar-refractivity contribution in [3.63, 3.8) is 0 Å². The first-order valence-corrected chi connectivity index (χ1v) is 5.92. The highest BCUT2D eigenvalue weighted by atomic mass is 16.5. The normalized spacial score (nSPS) is 10.5. The maximum Gasteiger partial charge on any atom is 0.220 e. The van der Waals surface area contributed by atoms with Crippen LogP contribution in [0.4, 0.5) is 0 Å². The summed E-state index contributed by atoms with van der Waals surface area (Å²) in [5.74, 6) is 1.44. The molecule has 3 rings (SSSR count). The number of nitrogens with zero attached hydrogens (tertiary/aromatic N) is 1. The minimum atomic E-state index is 0.636. The Labute approximate surface area is 106 Å². The summed E-state index contributed by atoms with van der Waals surface area (Å²) in [5, 5.41) is 1.16. The van der Waals surface area contributed by atoms with Crippen LogP contribution in [0.1, 0.15) is 5.56 Å². The Morgan fingerprint density at radius 1 is 0.889 bits per heavy atom. The highest BCUT2D eigenvalue weighted by molar-refractivity contribution is 5.82. The number of hydrogen-bond acceptors (Lipinski definition) is 2. The summed E-state index contributed by atoms with van der Waals surface area (Å²) in [6.45, 7) is 2.07. The van der Waals surface area contributed by atoms with Gasteiger partial charge in [0.25, 0.3) is 0 Å². The Morgan fingerprint density at radius 3 is 2.44 bits per heavy atom. The molecule has 0 saturated heterocycles. The number of rotatable bonds is 2. The Morgan fingerprint density at radius 2 is 1.61 bits per heavy atom.